The number of carbonyl (C=O) groups is 1. The van der Waals surface area contributed by atoms with Crippen molar-refractivity contribution in [2.24, 2.45) is 0 Å². The maximum Gasteiger partial charge on any atom is 0.199 e. The predicted molar refractivity (Wildman–Crippen MR) is 60.2 cm³/mol. The topological polar surface area (TPSA) is 26.3 Å². The van der Waals surface area contributed by atoms with E-state index in [1.54, 1.807) is 18.2 Å². The molecular formula is C11H12BrFO2. The van der Waals surface area contributed by atoms with Gasteiger partial charge in [0.15, 0.2) is 11.5 Å². The van der Waals surface area contributed by atoms with E-state index in [1.165, 1.54) is 21.0 Å². The minimum absolute atomic E-state index is 0.329. The van der Waals surface area contributed by atoms with Crippen molar-refractivity contribution in [2.75, 3.05) is 7.11 Å². The Morgan fingerprint density at radius 2 is 2.07 bits per heavy atom. The standard InChI is InChI=1S/C11H12BrFO2/c1-11(2,13)10(14)7-4-5-9(15-3)8(12)6-7/h4-6H,1-3H3. The maximum absolute atomic E-state index is 13.4. The number of Topliss-reactive ketones (excluding diaryl/α,β-unsaturated/α-hetero) is 1. The monoisotopic (exact) mass is 274 g/mol. The summed E-state index contributed by atoms with van der Waals surface area (Å²) < 4.78 is 19.0. The van der Waals surface area contributed by atoms with Crippen molar-refractivity contribution in [2.45, 2.75) is 19.5 Å². The van der Waals surface area contributed by atoms with E-state index in [0.29, 0.717) is 15.8 Å². The Morgan fingerprint density at radius 1 is 1.47 bits per heavy atom. The number of rotatable bonds is 3. The Morgan fingerprint density at radius 3 is 2.47 bits per heavy atom. The number of hydrogen-bond donors (Lipinski definition) is 0. The first-order valence-corrected chi connectivity index (χ1v) is 5.23. The van der Waals surface area contributed by atoms with E-state index >= 15 is 0 Å². The molecule has 82 valence electrons. The number of methoxy groups -OCH3 is 1. The zero-order chi connectivity index (χ0) is 11.6. The lowest BCUT2D eigenvalue weighted by Crippen LogP contribution is -2.25. The lowest BCUT2D eigenvalue weighted by Gasteiger charge is -2.13. The summed E-state index contributed by atoms with van der Waals surface area (Å²) in [7, 11) is 1.53. The minimum atomic E-state index is -1.85. The van der Waals surface area contributed by atoms with Gasteiger partial charge >= 0.3 is 0 Å². The highest BCUT2D eigenvalue weighted by Gasteiger charge is 2.28. The van der Waals surface area contributed by atoms with E-state index in [2.05, 4.69) is 15.9 Å². The quantitative estimate of drug-likeness (QED) is 0.790. The third kappa shape index (κ3) is 2.78. The van der Waals surface area contributed by atoms with Gasteiger partial charge in [-0.3, -0.25) is 4.79 Å². The number of hydrogen-bond acceptors (Lipinski definition) is 2. The molecule has 0 fully saturated rings. The third-order valence-electron chi connectivity index (χ3n) is 1.95. The second-order valence-corrected chi connectivity index (χ2v) is 4.51. The molecule has 0 aliphatic heterocycles. The number of ether oxygens (including phenoxy) is 1. The molecule has 1 aromatic rings. The fourth-order valence-electron chi connectivity index (χ4n) is 1.15. The normalized spacial score (nSPS) is 11.3. The molecule has 15 heavy (non-hydrogen) atoms. The summed E-state index contributed by atoms with van der Waals surface area (Å²) in [5.41, 5.74) is -1.52. The Bertz CT molecular complexity index is 383. The van der Waals surface area contributed by atoms with Crippen LogP contribution in [0.15, 0.2) is 22.7 Å². The SMILES string of the molecule is COc1ccc(C(=O)C(C)(C)F)cc1Br. The van der Waals surface area contributed by atoms with Crippen LogP contribution in [0.4, 0.5) is 4.39 Å². The van der Waals surface area contributed by atoms with E-state index in [1.807, 2.05) is 0 Å². The van der Waals surface area contributed by atoms with E-state index in [0.717, 1.165) is 0 Å². The summed E-state index contributed by atoms with van der Waals surface area (Å²) >= 11 is 3.24. The van der Waals surface area contributed by atoms with Crippen LogP contribution in [0.3, 0.4) is 0 Å². The molecule has 4 heteroatoms. The van der Waals surface area contributed by atoms with Gasteiger partial charge in [0.2, 0.25) is 0 Å². The number of benzene rings is 1. The number of carbonyl (C=O) groups excluding carboxylic acids is 1. The van der Waals surface area contributed by atoms with Crippen molar-refractivity contribution < 1.29 is 13.9 Å². The summed E-state index contributed by atoms with van der Waals surface area (Å²) in [4.78, 5) is 11.6. The van der Waals surface area contributed by atoms with Gasteiger partial charge in [-0.1, -0.05) is 0 Å². The van der Waals surface area contributed by atoms with Crippen LogP contribution in [0.25, 0.3) is 0 Å². The Kier molecular flexibility index (Phi) is 3.50. The smallest absolute Gasteiger partial charge is 0.199 e. The number of ketones is 1. The maximum atomic E-state index is 13.4. The summed E-state index contributed by atoms with van der Waals surface area (Å²) in [5.74, 6) is 0.0778. The van der Waals surface area contributed by atoms with Crippen LogP contribution in [0, 0.1) is 0 Å². The highest BCUT2D eigenvalue weighted by atomic mass is 79.9. The van der Waals surface area contributed by atoms with Crippen LogP contribution in [-0.2, 0) is 0 Å². The molecule has 0 aliphatic rings. The van der Waals surface area contributed by atoms with Crippen molar-refractivity contribution in [3.63, 3.8) is 0 Å². The van der Waals surface area contributed by atoms with Crippen LogP contribution in [0.2, 0.25) is 0 Å². The molecule has 0 aromatic heterocycles. The van der Waals surface area contributed by atoms with Crippen LogP contribution >= 0.6 is 15.9 Å². The van der Waals surface area contributed by atoms with Gasteiger partial charge in [-0.15, -0.1) is 0 Å². The summed E-state index contributed by atoms with van der Waals surface area (Å²) in [6.07, 6.45) is 0. The average molecular weight is 275 g/mol. The van der Waals surface area contributed by atoms with Crippen LogP contribution in [0.5, 0.6) is 5.75 Å². The Labute approximate surface area is 96.6 Å². The molecular weight excluding hydrogens is 263 g/mol. The summed E-state index contributed by atoms with van der Waals surface area (Å²) in [6.45, 7) is 2.49. The molecule has 0 unspecified atom stereocenters. The van der Waals surface area contributed by atoms with Crippen molar-refractivity contribution >= 4 is 21.7 Å². The van der Waals surface area contributed by atoms with Gasteiger partial charge in [0.05, 0.1) is 11.6 Å². The largest absolute Gasteiger partial charge is 0.496 e. The minimum Gasteiger partial charge on any atom is -0.496 e. The molecule has 0 radical (unpaired) electrons. The van der Waals surface area contributed by atoms with Gasteiger partial charge in [0.1, 0.15) is 5.75 Å². The molecule has 0 bridgehead atoms. The van der Waals surface area contributed by atoms with E-state index in [4.69, 9.17) is 4.74 Å². The lowest BCUT2D eigenvalue weighted by atomic mass is 9.98. The fraction of sp³-hybridized carbons (Fsp3) is 0.364. The summed E-state index contributed by atoms with van der Waals surface area (Å²) in [6, 6.07) is 4.73. The Balaban J connectivity index is 3.08. The molecule has 0 saturated carbocycles. The van der Waals surface area contributed by atoms with E-state index < -0.39 is 11.5 Å². The zero-order valence-electron chi connectivity index (χ0n) is 8.80. The molecule has 0 aliphatic carbocycles. The van der Waals surface area contributed by atoms with Gasteiger partial charge in [-0.05, 0) is 48.0 Å². The molecule has 0 amide bonds. The van der Waals surface area contributed by atoms with Crippen LogP contribution in [0.1, 0.15) is 24.2 Å². The fourth-order valence-corrected chi connectivity index (χ4v) is 1.69. The molecule has 0 heterocycles. The first-order chi connectivity index (χ1) is 6.86. The van der Waals surface area contributed by atoms with Crippen molar-refractivity contribution in [1.82, 2.24) is 0 Å². The third-order valence-corrected chi connectivity index (χ3v) is 2.57. The predicted octanol–water partition coefficient (Wildman–Crippen LogP) is 3.39. The van der Waals surface area contributed by atoms with Crippen LogP contribution < -0.4 is 4.74 Å². The van der Waals surface area contributed by atoms with Crippen molar-refractivity contribution in [3.8, 4) is 5.75 Å². The van der Waals surface area contributed by atoms with Gasteiger partial charge in [-0.2, -0.15) is 0 Å². The van der Waals surface area contributed by atoms with Crippen molar-refractivity contribution in [1.29, 1.82) is 0 Å². The van der Waals surface area contributed by atoms with Gasteiger partial charge in [0, 0.05) is 5.56 Å². The summed E-state index contributed by atoms with van der Waals surface area (Å²) in [5, 5.41) is 0. The molecule has 0 saturated heterocycles. The van der Waals surface area contributed by atoms with E-state index in [-0.39, 0.29) is 0 Å². The molecule has 1 aromatic carbocycles. The lowest BCUT2D eigenvalue weighted by molar-refractivity contribution is 0.0760. The highest BCUT2D eigenvalue weighted by molar-refractivity contribution is 9.10. The van der Waals surface area contributed by atoms with E-state index in [9.17, 15) is 9.18 Å². The molecule has 0 atom stereocenters. The second kappa shape index (κ2) is 4.31. The molecule has 2 nitrogen and oxygen atoms in total. The second-order valence-electron chi connectivity index (χ2n) is 3.65. The number of halogens is 2. The number of alkyl halides is 1. The van der Waals surface area contributed by atoms with Crippen molar-refractivity contribution in [3.05, 3.63) is 28.2 Å². The van der Waals surface area contributed by atoms with Gasteiger partial charge < -0.3 is 4.74 Å². The van der Waals surface area contributed by atoms with Gasteiger partial charge in [0.25, 0.3) is 0 Å². The first-order valence-electron chi connectivity index (χ1n) is 4.43. The zero-order valence-corrected chi connectivity index (χ0v) is 10.4. The molecule has 0 N–H and O–H groups in total. The highest BCUT2D eigenvalue weighted by Crippen LogP contribution is 2.27. The average Bonchev–Trinajstić information content (AvgIpc) is 2.15. The van der Waals surface area contributed by atoms with Crippen LogP contribution in [-0.4, -0.2) is 18.6 Å². The van der Waals surface area contributed by atoms with Gasteiger partial charge in [-0.25, -0.2) is 4.39 Å². The molecule has 1 rings (SSSR count). The molecule has 0 spiro atoms. The Hall–Kier alpha value is -0.900. The first kappa shape index (κ1) is 12.2.